The Bertz CT molecular complexity index is 231. The van der Waals surface area contributed by atoms with Crippen LogP contribution in [0.15, 0.2) is 11.6 Å². The summed E-state index contributed by atoms with van der Waals surface area (Å²) in [5, 5.41) is 6.71. The molecule has 0 aliphatic carbocycles. The monoisotopic (exact) mass is 212 g/mol. The molecule has 0 fully saturated rings. The van der Waals surface area contributed by atoms with Crippen molar-refractivity contribution >= 4 is 11.3 Å². The number of thiazole rings is 1. The van der Waals surface area contributed by atoms with Crippen LogP contribution in [0.5, 0.6) is 0 Å². The normalized spacial score (nSPS) is 13.4. The summed E-state index contributed by atoms with van der Waals surface area (Å²) in [6.45, 7) is 7.81. The van der Waals surface area contributed by atoms with Gasteiger partial charge >= 0.3 is 0 Å². The highest BCUT2D eigenvalue weighted by Crippen LogP contribution is 2.14. The summed E-state index contributed by atoms with van der Waals surface area (Å²) in [7, 11) is 0. The molecule has 1 heterocycles. The zero-order valence-corrected chi connectivity index (χ0v) is 10.1. The summed E-state index contributed by atoms with van der Waals surface area (Å²) in [5.41, 5.74) is 0. The number of nitrogens with one attached hydrogen (secondary N) is 1. The van der Waals surface area contributed by atoms with Crippen molar-refractivity contribution in [2.45, 2.75) is 39.7 Å². The fourth-order valence-corrected chi connectivity index (χ4v) is 2.03. The van der Waals surface area contributed by atoms with E-state index in [4.69, 9.17) is 0 Å². The molecule has 3 heteroatoms. The Morgan fingerprint density at radius 2 is 2.21 bits per heavy atom. The van der Waals surface area contributed by atoms with Crippen LogP contribution in [-0.2, 0) is 0 Å². The lowest BCUT2D eigenvalue weighted by atomic mass is 10.1. The van der Waals surface area contributed by atoms with Crippen molar-refractivity contribution in [3.63, 3.8) is 0 Å². The van der Waals surface area contributed by atoms with Gasteiger partial charge in [0.2, 0.25) is 0 Å². The minimum Gasteiger partial charge on any atom is -0.308 e. The lowest BCUT2D eigenvalue weighted by molar-refractivity contribution is 0.497. The molecule has 1 unspecified atom stereocenters. The maximum Gasteiger partial charge on any atom is 0.109 e. The van der Waals surface area contributed by atoms with Crippen LogP contribution < -0.4 is 5.32 Å². The molecule has 0 spiro atoms. The molecule has 2 nitrogen and oxygen atoms in total. The van der Waals surface area contributed by atoms with E-state index in [1.807, 2.05) is 11.6 Å². The first kappa shape index (κ1) is 11.7. The van der Waals surface area contributed by atoms with Crippen molar-refractivity contribution in [2.24, 2.45) is 5.92 Å². The van der Waals surface area contributed by atoms with Gasteiger partial charge in [0.15, 0.2) is 0 Å². The average molecular weight is 212 g/mol. The van der Waals surface area contributed by atoms with Gasteiger partial charge in [0.05, 0.1) is 6.04 Å². The van der Waals surface area contributed by atoms with Crippen LogP contribution in [0.4, 0.5) is 0 Å². The Labute approximate surface area is 90.8 Å². The first-order chi connectivity index (χ1) is 6.70. The number of nitrogens with zero attached hydrogens (tertiary/aromatic N) is 1. The van der Waals surface area contributed by atoms with E-state index in [1.54, 1.807) is 11.3 Å². The predicted molar refractivity (Wildman–Crippen MR) is 62.6 cm³/mol. The molecule has 80 valence electrons. The Hall–Kier alpha value is -0.410. The lowest BCUT2D eigenvalue weighted by Crippen LogP contribution is -2.19. The number of rotatable bonds is 6. The third-order valence-corrected chi connectivity index (χ3v) is 3.19. The van der Waals surface area contributed by atoms with Crippen LogP contribution >= 0.6 is 11.3 Å². The second-order valence-corrected chi connectivity index (χ2v) is 5.01. The molecule has 0 saturated heterocycles. The highest BCUT2D eigenvalue weighted by Gasteiger charge is 2.06. The summed E-state index contributed by atoms with van der Waals surface area (Å²) in [6.07, 6.45) is 4.43. The van der Waals surface area contributed by atoms with Gasteiger partial charge in [-0.05, 0) is 32.2 Å². The summed E-state index contributed by atoms with van der Waals surface area (Å²) < 4.78 is 0. The van der Waals surface area contributed by atoms with Gasteiger partial charge < -0.3 is 5.32 Å². The summed E-state index contributed by atoms with van der Waals surface area (Å²) in [6, 6.07) is 0.405. The van der Waals surface area contributed by atoms with Crippen molar-refractivity contribution in [3.8, 4) is 0 Å². The number of aromatic nitrogens is 1. The second-order valence-electron chi connectivity index (χ2n) is 4.08. The molecule has 0 aromatic carbocycles. The van der Waals surface area contributed by atoms with E-state index >= 15 is 0 Å². The largest absolute Gasteiger partial charge is 0.308 e. The summed E-state index contributed by atoms with van der Waals surface area (Å²) in [4.78, 5) is 4.29. The van der Waals surface area contributed by atoms with E-state index < -0.39 is 0 Å². The van der Waals surface area contributed by atoms with Gasteiger partial charge in [-0.15, -0.1) is 11.3 Å². The molecule has 0 bridgehead atoms. The fourth-order valence-electron chi connectivity index (χ4n) is 1.36. The third-order valence-electron chi connectivity index (χ3n) is 2.23. The molecule has 0 aliphatic rings. The molecule has 1 aromatic rings. The molecule has 0 radical (unpaired) electrons. The van der Waals surface area contributed by atoms with Crippen LogP contribution in [0.25, 0.3) is 0 Å². The molecular weight excluding hydrogens is 192 g/mol. The van der Waals surface area contributed by atoms with Gasteiger partial charge in [-0.2, -0.15) is 0 Å². The second kappa shape index (κ2) is 6.14. The van der Waals surface area contributed by atoms with Crippen LogP contribution in [-0.4, -0.2) is 11.5 Å². The summed E-state index contributed by atoms with van der Waals surface area (Å²) >= 11 is 1.72. The molecule has 1 atom stereocenters. The van der Waals surface area contributed by atoms with Crippen molar-refractivity contribution < 1.29 is 0 Å². The molecule has 0 saturated carbocycles. The average Bonchev–Trinajstić information content (AvgIpc) is 2.64. The molecule has 1 N–H and O–H groups in total. The Kier molecular flexibility index (Phi) is 5.12. The molecule has 14 heavy (non-hydrogen) atoms. The van der Waals surface area contributed by atoms with Gasteiger partial charge in [-0.25, -0.2) is 4.98 Å². The van der Waals surface area contributed by atoms with Crippen molar-refractivity contribution in [3.05, 3.63) is 16.6 Å². The Morgan fingerprint density at radius 1 is 1.43 bits per heavy atom. The lowest BCUT2D eigenvalue weighted by Gasteiger charge is -2.11. The standard InChI is InChI=1S/C11H20N2S/c1-9(2)5-4-6-12-10(3)11-13-7-8-14-11/h7-10,12H,4-6H2,1-3H3. The van der Waals surface area contributed by atoms with E-state index in [0.717, 1.165) is 12.5 Å². The van der Waals surface area contributed by atoms with Gasteiger partial charge in [0.25, 0.3) is 0 Å². The summed E-state index contributed by atoms with van der Waals surface area (Å²) in [5.74, 6) is 0.812. The van der Waals surface area contributed by atoms with E-state index in [0.29, 0.717) is 6.04 Å². The molecule has 0 amide bonds. The zero-order valence-electron chi connectivity index (χ0n) is 9.29. The highest BCUT2D eigenvalue weighted by molar-refractivity contribution is 7.09. The third kappa shape index (κ3) is 4.20. The Balaban J connectivity index is 2.13. The number of hydrogen-bond acceptors (Lipinski definition) is 3. The minimum atomic E-state index is 0.405. The molecule has 0 aliphatic heterocycles. The minimum absolute atomic E-state index is 0.405. The van der Waals surface area contributed by atoms with Crippen molar-refractivity contribution in [2.75, 3.05) is 6.54 Å². The maximum absolute atomic E-state index is 4.29. The van der Waals surface area contributed by atoms with Crippen LogP contribution in [0.2, 0.25) is 0 Å². The van der Waals surface area contributed by atoms with Crippen LogP contribution in [0.3, 0.4) is 0 Å². The molecule has 1 rings (SSSR count). The van der Waals surface area contributed by atoms with Crippen molar-refractivity contribution in [1.29, 1.82) is 0 Å². The molecular formula is C11H20N2S. The first-order valence-electron chi connectivity index (χ1n) is 5.33. The number of hydrogen-bond donors (Lipinski definition) is 1. The van der Waals surface area contributed by atoms with Gasteiger partial charge in [-0.1, -0.05) is 13.8 Å². The molecule has 1 aromatic heterocycles. The van der Waals surface area contributed by atoms with Crippen molar-refractivity contribution in [1.82, 2.24) is 10.3 Å². The highest BCUT2D eigenvalue weighted by atomic mass is 32.1. The van der Waals surface area contributed by atoms with E-state index in [2.05, 4.69) is 31.1 Å². The smallest absolute Gasteiger partial charge is 0.109 e. The van der Waals surface area contributed by atoms with Gasteiger partial charge in [0.1, 0.15) is 5.01 Å². The van der Waals surface area contributed by atoms with Gasteiger partial charge in [0, 0.05) is 11.6 Å². The zero-order chi connectivity index (χ0) is 10.4. The first-order valence-corrected chi connectivity index (χ1v) is 6.21. The van der Waals surface area contributed by atoms with Gasteiger partial charge in [-0.3, -0.25) is 0 Å². The predicted octanol–water partition coefficient (Wildman–Crippen LogP) is 3.23. The Morgan fingerprint density at radius 3 is 2.79 bits per heavy atom. The van der Waals surface area contributed by atoms with Crippen LogP contribution in [0.1, 0.15) is 44.7 Å². The topological polar surface area (TPSA) is 24.9 Å². The van der Waals surface area contributed by atoms with E-state index in [-0.39, 0.29) is 0 Å². The maximum atomic E-state index is 4.29. The SMILES string of the molecule is CC(C)CCCNC(C)c1nccs1. The quantitative estimate of drug-likeness (QED) is 0.732. The fraction of sp³-hybridized carbons (Fsp3) is 0.727. The van der Waals surface area contributed by atoms with E-state index in [9.17, 15) is 0 Å². The van der Waals surface area contributed by atoms with Crippen LogP contribution in [0, 0.1) is 5.92 Å². The van der Waals surface area contributed by atoms with E-state index in [1.165, 1.54) is 17.8 Å².